The third kappa shape index (κ3) is 7.98. The van der Waals surface area contributed by atoms with Gasteiger partial charge in [-0.15, -0.1) is 0 Å². The molecule has 0 saturated heterocycles. The van der Waals surface area contributed by atoms with Gasteiger partial charge in [0, 0.05) is 11.8 Å². The van der Waals surface area contributed by atoms with E-state index in [1.165, 1.54) is 6.26 Å². The normalized spacial score (nSPS) is 12.5. The molecule has 0 aliphatic rings. The molecular weight excluding hydrogens is 188 g/mol. The van der Waals surface area contributed by atoms with Gasteiger partial charge in [-0.2, -0.15) is 0 Å². The molecule has 0 unspecified atom stereocenters. The molecule has 0 rings (SSSR count). The molecule has 2 nitrogen and oxygen atoms in total. The van der Waals surface area contributed by atoms with E-state index in [4.69, 9.17) is 4.74 Å². The van der Waals surface area contributed by atoms with Crippen LogP contribution in [0.2, 0.25) is 0 Å². The highest BCUT2D eigenvalue weighted by Crippen LogP contribution is 2.19. The van der Waals surface area contributed by atoms with Crippen LogP contribution in [0.5, 0.6) is 0 Å². The van der Waals surface area contributed by atoms with Gasteiger partial charge in [-0.3, -0.25) is 4.79 Å². The van der Waals surface area contributed by atoms with Crippen molar-refractivity contribution in [2.24, 2.45) is 5.41 Å². The molecule has 0 fully saturated rings. The summed E-state index contributed by atoms with van der Waals surface area (Å²) in [6.45, 7) is 8.09. The van der Waals surface area contributed by atoms with Crippen molar-refractivity contribution in [3.63, 3.8) is 0 Å². The summed E-state index contributed by atoms with van der Waals surface area (Å²) in [6, 6.07) is 0. The Morgan fingerprint density at radius 2 is 1.93 bits per heavy atom. The fourth-order valence-electron chi connectivity index (χ4n) is 0.978. The largest absolute Gasteiger partial charge is 0.435 e. The lowest BCUT2D eigenvalue weighted by Gasteiger charge is -2.13. The van der Waals surface area contributed by atoms with E-state index in [0.29, 0.717) is 6.42 Å². The molecule has 0 N–H and O–H groups in total. The third-order valence-corrected chi connectivity index (χ3v) is 1.99. The van der Waals surface area contributed by atoms with Crippen molar-refractivity contribution in [3.8, 4) is 0 Å². The fourth-order valence-corrected chi connectivity index (χ4v) is 0.978. The molecular formula is C13H22O2. The van der Waals surface area contributed by atoms with Crippen molar-refractivity contribution in [2.45, 2.75) is 47.0 Å². The van der Waals surface area contributed by atoms with E-state index >= 15 is 0 Å². The highest BCUT2D eigenvalue weighted by atomic mass is 16.5. The Balaban J connectivity index is 4.06. The predicted octanol–water partition coefficient (Wildman–Crippen LogP) is 3.84. The van der Waals surface area contributed by atoms with Gasteiger partial charge in [-0.05, 0) is 12.5 Å². The lowest BCUT2D eigenvalue weighted by molar-refractivity contribution is -0.137. The summed E-state index contributed by atoms with van der Waals surface area (Å²) in [6.07, 6.45) is 10.3. The highest BCUT2D eigenvalue weighted by molar-refractivity contribution is 5.69. The minimum Gasteiger partial charge on any atom is -0.435 e. The fraction of sp³-hybridized carbons (Fsp3) is 0.615. The molecule has 0 bridgehead atoms. The lowest BCUT2D eigenvalue weighted by Crippen LogP contribution is -2.03. The summed E-state index contributed by atoms with van der Waals surface area (Å²) >= 11 is 0. The molecule has 0 aliphatic carbocycles. The van der Waals surface area contributed by atoms with Gasteiger partial charge in [0.15, 0.2) is 0 Å². The van der Waals surface area contributed by atoms with Gasteiger partial charge < -0.3 is 4.74 Å². The first kappa shape index (κ1) is 13.9. The van der Waals surface area contributed by atoms with Gasteiger partial charge >= 0.3 is 5.97 Å². The maximum absolute atomic E-state index is 10.9. The van der Waals surface area contributed by atoms with Crippen LogP contribution < -0.4 is 0 Å². The topological polar surface area (TPSA) is 26.3 Å². The number of carbonyl (C=O) groups is 1. The molecule has 0 spiro atoms. The number of carbonyl (C=O) groups excluding carboxylic acids is 1. The molecule has 0 aromatic carbocycles. The Morgan fingerprint density at radius 3 is 2.47 bits per heavy atom. The first-order chi connectivity index (χ1) is 7.02. The number of ether oxygens (including phenoxy) is 1. The van der Waals surface area contributed by atoms with E-state index in [1.807, 2.05) is 6.08 Å². The molecule has 0 radical (unpaired) electrons. The van der Waals surface area contributed by atoms with Crippen molar-refractivity contribution in [3.05, 3.63) is 24.5 Å². The second kappa shape index (κ2) is 7.27. The number of esters is 1. The standard InChI is InChI=1S/C13H22O2/c1-5-7-8-9-13(3,4)10-11-15-12(14)6-2/h8-11H,5-7H2,1-4H3/b9-8+,11-10+. The molecule has 0 aliphatic heterocycles. The Labute approximate surface area is 93.0 Å². The third-order valence-electron chi connectivity index (χ3n) is 1.99. The van der Waals surface area contributed by atoms with Gasteiger partial charge in [-0.1, -0.05) is 46.3 Å². The molecule has 0 heterocycles. The van der Waals surface area contributed by atoms with Crippen LogP contribution in [0.4, 0.5) is 0 Å². The Hall–Kier alpha value is -1.05. The number of hydrogen-bond acceptors (Lipinski definition) is 2. The molecule has 15 heavy (non-hydrogen) atoms. The molecule has 0 atom stereocenters. The summed E-state index contributed by atoms with van der Waals surface area (Å²) in [7, 11) is 0. The van der Waals surface area contributed by atoms with E-state index in [1.54, 1.807) is 6.92 Å². The zero-order valence-electron chi connectivity index (χ0n) is 10.2. The molecule has 2 heteroatoms. The first-order valence-electron chi connectivity index (χ1n) is 5.56. The molecule has 0 saturated carbocycles. The van der Waals surface area contributed by atoms with Crippen molar-refractivity contribution in [2.75, 3.05) is 0 Å². The van der Waals surface area contributed by atoms with Crippen molar-refractivity contribution >= 4 is 5.97 Å². The maximum Gasteiger partial charge on any atom is 0.310 e. The average Bonchev–Trinajstić information content (AvgIpc) is 2.17. The number of rotatable bonds is 6. The summed E-state index contributed by atoms with van der Waals surface area (Å²) in [4.78, 5) is 10.9. The zero-order chi connectivity index (χ0) is 11.7. The maximum atomic E-state index is 10.9. The van der Waals surface area contributed by atoms with Crippen molar-refractivity contribution in [1.82, 2.24) is 0 Å². The summed E-state index contributed by atoms with van der Waals surface area (Å²) in [5, 5.41) is 0. The quantitative estimate of drug-likeness (QED) is 0.378. The van der Waals surface area contributed by atoms with Gasteiger partial charge in [-0.25, -0.2) is 0 Å². The minimum atomic E-state index is -0.195. The van der Waals surface area contributed by atoms with E-state index < -0.39 is 0 Å². The second-order valence-corrected chi connectivity index (χ2v) is 4.16. The van der Waals surface area contributed by atoms with Crippen LogP contribution >= 0.6 is 0 Å². The van der Waals surface area contributed by atoms with E-state index in [0.717, 1.165) is 12.8 Å². The molecule has 0 aromatic heterocycles. The van der Waals surface area contributed by atoms with Gasteiger partial charge in [0.25, 0.3) is 0 Å². The van der Waals surface area contributed by atoms with E-state index in [2.05, 4.69) is 32.9 Å². The molecule has 0 aromatic rings. The summed E-state index contributed by atoms with van der Waals surface area (Å²) < 4.78 is 4.88. The van der Waals surface area contributed by atoms with E-state index in [-0.39, 0.29) is 11.4 Å². The number of allylic oxidation sites excluding steroid dienone is 3. The van der Waals surface area contributed by atoms with Crippen LogP contribution in [-0.4, -0.2) is 5.97 Å². The van der Waals surface area contributed by atoms with Gasteiger partial charge in [0.05, 0.1) is 6.26 Å². The molecule has 86 valence electrons. The van der Waals surface area contributed by atoms with Crippen LogP contribution in [0.1, 0.15) is 47.0 Å². The van der Waals surface area contributed by atoms with Gasteiger partial charge in [0.2, 0.25) is 0 Å². The Morgan fingerprint density at radius 1 is 1.27 bits per heavy atom. The van der Waals surface area contributed by atoms with Crippen LogP contribution in [0.15, 0.2) is 24.5 Å². The molecule has 0 amide bonds. The minimum absolute atomic E-state index is 0.0524. The zero-order valence-corrected chi connectivity index (χ0v) is 10.2. The Bertz CT molecular complexity index is 237. The Kier molecular flexibility index (Phi) is 6.76. The second-order valence-electron chi connectivity index (χ2n) is 4.16. The number of unbranched alkanes of at least 4 members (excludes halogenated alkanes) is 1. The average molecular weight is 210 g/mol. The summed E-state index contributed by atoms with van der Waals surface area (Å²) in [5.41, 5.74) is -0.0524. The first-order valence-corrected chi connectivity index (χ1v) is 5.56. The van der Waals surface area contributed by atoms with Crippen LogP contribution in [0.3, 0.4) is 0 Å². The summed E-state index contributed by atoms with van der Waals surface area (Å²) in [5.74, 6) is -0.195. The van der Waals surface area contributed by atoms with Crippen molar-refractivity contribution < 1.29 is 9.53 Å². The SMILES string of the molecule is CCC/C=C/C(C)(C)/C=C/OC(=O)CC. The van der Waals surface area contributed by atoms with Gasteiger partial charge in [0.1, 0.15) is 0 Å². The predicted molar refractivity (Wildman–Crippen MR) is 63.4 cm³/mol. The highest BCUT2D eigenvalue weighted by Gasteiger charge is 2.08. The van der Waals surface area contributed by atoms with E-state index in [9.17, 15) is 4.79 Å². The van der Waals surface area contributed by atoms with Crippen LogP contribution in [-0.2, 0) is 9.53 Å². The number of hydrogen-bond donors (Lipinski definition) is 0. The van der Waals surface area contributed by atoms with Crippen molar-refractivity contribution in [1.29, 1.82) is 0 Å². The smallest absolute Gasteiger partial charge is 0.310 e. The monoisotopic (exact) mass is 210 g/mol. The van der Waals surface area contributed by atoms with Crippen LogP contribution in [0, 0.1) is 5.41 Å². The lowest BCUT2D eigenvalue weighted by atomic mass is 9.93. The van der Waals surface area contributed by atoms with Crippen LogP contribution in [0.25, 0.3) is 0 Å².